The molecule has 1 aromatic heterocycles. The first kappa shape index (κ1) is 19.1. The minimum Gasteiger partial charge on any atom is -0.376 e. The summed E-state index contributed by atoms with van der Waals surface area (Å²) in [7, 11) is 0. The predicted octanol–water partition coefficient (Wildman–Crippen LogP) is 4.38. The van der Waals surface area contributed by atoms with E-state index in [9.17, 15) is 4.79 Å². The number of aromatic amines is 1. The summed E-state index contributed by atoms with van der Waals surface area (Å²) < 4.78 is 5.62. The van der Waals surface area contributed by atoms with Gasteiger partial charge in [-0.05, 0) is 68.7 Å². The lowest BCUT2D eigenvalue weighted by Crippen LogP contribution is -2.36. The topological polar surface area (TPSA) is 66.1 Å². The van der Waals surface area contributed by atoms with E-state index in [2.05, 4.69) is 27.8 Å². The molecule has 5 heteroatoms. The molecule has 5 nitrogen and oxygen atoms in total. The molecule has 0 bridgehead atoms. The Morgan fingerprint density at radius 1 is 1.07 bits per heavy atom. The molecule has 29 heavy (non-hydrogen) atoms. The van der Waals surface area contributed by atoms with E-state index in [-0.39, 0.29) is 12.0 Å². The van der Waals surface area contributed by atoms with E-state index in [0.717, 1.165) is 36.9 Å². The molecule has 1 aliphatic heterocycles. The molecular formula is C24H33N3O2. The van der Waals surface area contributed by atoms with Crippen molar-refractivity contribution in [3.05, 3.63) is 35.0 Å². The van der Waals surface area contributed by atoms with Crippen LogP contribution in [0.1, 0.15) is 85.4 Å². The third-order valence-corrected chi connectivity index (χ3v) is 7.03. The van der Waals surface area contributed by atoms with E-state index in [4.69, 9.17) is 4.74 Å². The second-order valence-corrected chi connectivity index (χ2v) is 9.07. The van der Waals surface area contributed by atoms with E-state index in [1.54, 1.807) is 0 Å². The minimum absolute atomic E-state index is 0.00467. The zero-order valence-electron chi connectivity index (χ0n) is 17.3. The Morgan fingerprint density at radius 2 is 1.97 bits per heavy atom. The zero-order chi connectivity index (χ0) is 19.6. The molecule has 2 fully saturated rings. The highest BCUT2D eigenvalue weighted by atomic mass is 16.5. The van der Waals surface area contributed by atoms with Crippen LogP contribution in [-0.2, 0) is 11.2 Å². The molecule has 5 rings (SSSR count). The molecule has 2 aliphatic carbocycles. The van der Waals surface area contributed by atoms with Gasteiger partial charge in [-0.3, -0.25) is 4.79 Å². The van der Waals surface area contributed by atoms with Crippen molar-refractivity contribution in [1.29, 1.82) is 0 Å². The van der Waals surface area contributed by atoms with Crippen molar-refractivity contribution in [3.63, 3.8) is 0 Å². The highest BCUT2D eigenvalue weighted by Crippen LogP contribution is 2.36. The maximum Gasteiger partial charge on any atom is 0.251 e. The average Bonchev–Trinajstić information content (AvgIpc) is 3.41. The molecule has 2 heterocycles. The highest BCUT2D eigenvalue weighted by Gasteiger charge is 2.27. The van der Waals surface area contributed by atoms with E-state index in [1.165, 1.54) is 61.6 Å². The van der Waals surface area contributed by atoms with Crippen LogP contribution in [0.3, 0.4) is 0 Å². The van der Waals surface area contributed by atoms with Crippen molar-refractivity contribution in [2.45, 2.75) is 82.4 Å². The van der Waals surface area contributed by atoms with Crippen molar-refractivity contribution < 1.29 is 9.53 Å². The number of aromatic nitrogens is 1. The first-order valence-corrected chi connectivity index (χ1v) is 11.6. The minimum atomic E-state index is 0.00467. The second-order valence-electron chi connectivity index (χ2n) is 9.07. The maximum absolute atomic E-state index is 12.7. The number of amides is 1. The summed E-state index contributed by atoms with van der Waals surface area (Å²) in [5.41, 5.74) is 4.67. The third-order valence-electron chi connectivity index (χ3n) is 7.03. The number of carbonyl (C=O) groups excluding carboxylic acids is 1. The van der Waals surface area contributed by atoms with Crippen molar-refractivity contribution in [3.8, 4) is 0 Å². The fourth-order valence-electron chi connectivity index (χ4n) is 5.44. The van der Waals surface area contributed by atoms with Crippen LogP contribution in [0.5, 0.6) is 0 Å². The van der Waals surface area contributed by atoms with Crippen LogP contribution in [-0.4, -0.2) is 36.2 Å². The van der Waals surface area contributed by atoms with Gasteiger partial charge in [0.1, 0.15) is 0 Å². The molecule has 3 N–H and O–H groups in total. The molecule has 156 valence electrons. The lowest BCUT2D eigenvalue weighted by Gasteiger charge is -2.31. The molecule has 0 radical (unpaired) electrons. The number of rotatable bonds is 5. The van der Waals surface area contributed by atoms with Crippen LogP contribution < -0.4 is 10.6 Å². The normalized spacial score (nSPS) is 25.2. The first-order chi connectivity index (χ1) is 14.3. The monoisotopic (exact) mass is 395 g/mol. The number of carbonyl (C=O) groups is 1. The van der Waals surface area contributed by atoms with Gasteiger partial charge in [0.05, 0.1) is 6.10 Å². The fraction of sp³-hybridized carbons (Fsp3) is 0.625. The Kier molecular flexibility index (Phi) is 5.60. The van der Waals surface area contributed by atoms with Gasteiger partial charge >= 0.3 is 0 Å². The molecule has 1 saturated heterocycles. The van der Waals surface area contributed by atoms with Gasteiger partial charge in [0.25, 0.3) is 5.91 Å². The van der Waals surface area contributed by atoms with E-state index in [1.807, 2.05) is 6.07 Å². The Labute approximate surface area is 173 Å². The molecule has 1 amide bonds. The van der Waals surface area contributed by atoms with Crippen molar-refractivity contribution in [2.75, 3.05) is 13.2 Å². The van der Waals surface area contributed by atoms with Gasteiger partial charge in [-0.2, -0.15) is 0 Å². The molecule has 1 saturated carbocycles. The van der Waals surface area contributed by atoms with Crippen molar-refractivity contribution >= 4 is 16.8 Å². The largest absolute Gasteiger partial charge is 0.376 e. The molecular weight excluding hydrogens is 362 g/mol. The van der Waals surface area contributed by atoms with Gasteiger partial charge < -0.3 is 20.4 Å². The Bertz CT molecular complexity index is 862. The quantitative estimate of drug-likeness (QED) is 0.704. The maximum atomic E-state index is 12.7. The van der Waals surface area contributed by atoms with E-state index in [0.29, 0.717) is 18.6 Å². The first-order valence-electron chi connectivity index (χ1n) is 11.6. The Morgan fingerprint density at radius 3 is 2.79 bits per heavy atom. The lowest BCUT2D eigenvalue weighted by molar-refractivity contribution is 0.0858. The van der Waals surface area contributed by atoms with Crippen molar-refractivity contribution in [2.24, 2.45) is 0 Å². The number of hydrogen-bond acceptors (Lipinski definition) is 3. The van der Waals surface area contributed by atoms with Crippen molar-refractivity contribution in [1.82, 2.24) is 15.6 Å². The molecule has 1 aromatic carbocycles. The van der Waals surface area contributed by atoms with Crippen LogP contribution in [0.25, 0.3) is 10.9 Å². The molecule has 1 unspecified atom stereocenters. The summed E-state index contributed by atoms with van der Waals surface area (Å²) in [6.07, 6.45) is 12.5. The van der Waals surface area contributed by atoms with E-state index < -0.39 is 0 Å². The molecule has 2 atom stereocenters. The summed E-state index contributed by atoms with van der Waals surface area (Å²) in [4.78, 5) is 16.4. The lowest BCUT2D eigenvalue weighted by atomic mass is 9.89. The van der Waals surface area contributed by atoms with Gasteiger partial charge in [-0.1, -0.05) is 19.3 Å². The van der Waals surface area contributed by atoms with Crippen LogP contribution >= 0.6 is 0 Å². The van der Waals surface area contributed by atoms with Gasteiger partial charge in [0, 0.05) is 47.4 Å². The zero-order valence-corrected chi connectivity index (χ0v) is 17.3. The Balaban J connectivity index is 1.33. The predicted molar refractivity (Wildman–Crippen MR) is 115 cm³/mol. The number of benzene rings is 1. The third kappa shape index (κ3) is 4.08. The Hall–Kier alpha value is -1.85. The molecule has 2 aromatic rings. The summed E-state index contributed by atoms with van der Waals surface area (Å²) in [6.45, 7) is 1.42. The summed E-state index contributed by atoms with van der Waals surface area (Å²) >= 11 is 0. The van der Waals surface area contributed by atoms with Crippen LogP contribution in [0, 0.1) is 0 Å². The van der Waals surface area contributed by atoms with Crippen LogP contribution in [0.4, 0.5) is 0 Å². The van der Waals surface area contributed by atoms with Crippen LogP contribution in [0.2, 0.25) is 0 Å². The van der Waals surface area contributed by atoms with Crippen LogP contribution in [0.15, 0.2) is 18.2 Å². The number of fused-ring (bicyclic) bond motifs is 3. The SMILES string of the molecule is O=C(NC[C@@H]1CCCO1)c1ccc2[nH]c3c(c2c1)CCCC3NC1CCCCC1. The summed E-state index contributed by atoms with van der Waals surface area (Å²) in [5.74, 6) is 0.00467. The summed E-state index contributed by atoms with van der Waals surface area (Å²) in [5, 5.41) is 8.22. The van der Waals surface area contributed by atoms with Gasteiger partial charge in [0.2, 0.25) is 0 Å². The standard InChI is InChI=1S/C24H33N3O2/c28-24(25-15-18-8-5-13-29-18)16-11-12-21-20(14-16)19-9-4-10-22(23(19)27-21)26-17-6-2-1-3-7-17/h11-12,14,17-18,22,26-27H,1-10,13,15H2,(H,25,28)/t18-,22?/m0/s1. The number of H-pyrrole nitrogens is 1. The second kappa shape index (κ2) is 8.49. The number of nitrogens with one attached hydrogen (secondary N) is 3. The van der Waals surface area contributed by atoms with Gasteiger partial charge in [-0.25, -0.2) is 0 Å². The number of hydrogen-bond donors (Lipinski definition) is 3. The highest BCUT2D eigenvalue weighted by molar-refractivity contribution is 5.99. The smallest absolute Gasteiger partial charge is 0.251 e. The number of aryl methyl sites for hydroxylation is 1. The molecule has 0 spiro atoms. The average molecular weight is 396 g/mol. The van der Waals surface area contributed by atoms with E-state index >= 15 is 0 Å². The summed E-state index contributed by atoms with van der Waals surface area (Å²) in [6, 6.07) is 7.18. The molecule has 3 aliphatic rings. The fourth-order valence-corrected chi connectivity index (χ4v) is 5.44. The van der Waals surface area contributed by atoms with Gasteiger partial charge in [-0.15, -0.1) is 0 Å². The number of ether oxygens (including phenoxy) is 1. The van der Waals surface area contributed by atoms with Gasteiger partial charge in [0.15, 0.2) is 0 Å².